The topological polar surface area (TPSA) is 63.3 Å². The smallest absolute Gasteiger partial charge is 0.320 e. The molecule has 1 atom stereocenters. The molecule has 3 nitrogen and oxygen atoms in total. The van der Waals surface area contributed by atoms with Crippen molar-refractivity contribution in [1.29, 1.82) is 0 Å². The molecule has 1 unspecified atom stereocenters. The summed E-state index contributed by atoms with van der Waals surface area (Å²) in [6.07, 6.45) is 5.51. The van der Waals surface area contributed by atoms with Gasteiger partial charge in [-0.15, -0.1) is 0 Å². The minimum atomic E-state index is -0.850. The number of hydrogen-bond donors (Lipinski definition) is 2. The van der Waals surface area contributed by atoms with Crippen LogP contribution in [0.5, 0.6) is 0 Å². The zero-order valence-electron chi connectivity index (χ0n) is 7.00. The van der Waals surface area contributed by atoms with Gasteiger partial charge < -0.3 is 23.2 Å². The molecule has 3 N–H and O–H groups in total. The third-order valence-corrected chi connectivity index (χ3v) is 2.44. The number of nitrogens with two attached hydrogens (primary N) is 1. The third-order valence-electron chi connectivity index (χ3n) is 2.44. The summed E-state index contributed by atoms with van der Waals surface area (Å²) in [6.45, 7) is 0. The molecule has 0 saturated heterocycles. The Kier molecular flexibility index (Phi) is 5.25. The molecule has 0 spiro atoms. The summed E-state index contributed by atoms with van der Waals surface area (Å²) in [6, 6.07) is -0.629. The second-order valence-electron chi connectivity index (χ2n) is 3.26. The van der Waals surface area contributed by atoms with E-state index in [1.807, 2.05) is 0 Å². The van der Waals surface area contributed by atoms with Gasteiger partial charge in [0, 0.05) is 0 Å². The molecule has 1 aliphatic rings. The van der Waals surface area contributed by atoms with Crippen molar-refractivity contribution >= 4 is 5.97 Å². The van der Waals surface area contributed by atoms with Gasteiger partial charge in [-0.25, -0.2) is 0 Å². The minimum Gasteiger partial charge on any atom is -1.00 e. The van der Waals surface area contributed by atoms with Crippen molar-refractivity contribution in [2.24, 2.45) is 11.7 Å². The Labute approximate surface area is 78.7 Å². The fraction of sp³-hybridized carbons (Fsp3) is 0.875. The highest BCUT2D eigenvalue weighted by Gasteiger charge is 2.25. The highest BCUT2D eigenvalue weighted by Crippen LogP contribution is 2.25. The van der Waals surface area contributed by atoms with Crippen LogP contribution < -0.4 is 18.1 Å². The van der Waals surface area contributed by atoms with Gasteiger partial charge in [-0.05, 0) is 18.8 Å². The van der Waals surface area contributed by atoms with Crippen LogP contribution in [0.25, 0.3) is 0 Å². The van der Waals surface area contributed by atoms with Crippen LogP contribution in [0.15, 0.2) is 0 Å². The fourth-order valence-corrected chi connectivity index (χ4v) is 1.69. The first kappa shape index (κ1) is 11.7. The number of aliphatic carboxylic acids is 1. The molecule has 0 bridgehead atoms. The molecule has 0 aromatic heterocycles. The quantitative estimate of drug-likeness (QED) is 0.531. The molecule has 0 heterocycles. The van der Waals surface area contributed by atoms with E-state index in [1.165, 1.54) is 6.42 Å². The van der Waals surface area contributed by atoms with Crippen molar-refractivity contribution in [1.82, 2.24) is 0 Å². The first-order chi connectivity index (χ1) is 5.22. The van der Waals surface area contributed by atoms with Crippen molar-refractivity contribution in [2.45, 2.75) is 38.1 Å². The normalized spacial score (nSPS) is 21.1. The lowest BCUT2D eigenvalue weighted by molar-refractivity contribution is -0.140. The van der Waals surface area contributed by atoms with Crippen molar-refractivity contribution in [2.75, 3.05) is 0 Å². The lowest BCUT2D eigenvalue weighted by atomic mass is 9.84. The maximum atomic E-state index is 10.5. The number of carboxylic acids is 1. The molecule has 12 heavy (non-hydrogen) atoms. The molecule has 0 aromatic rings. The summed E-state index contributed by atoms with van der Waals surface area (Å²) in [7, 11) is 0. The van der Waals surface area contributed by atoms with E-state index < -0.39 is 12.0 Å². The van der Waals surface area contributed by atoms with Crippen LogP contribution in [0.4, 0.5) is 0 Å². The van der Waals surface area contributed by atoms with Crippen LogP contribution in [0.1, 0.15) is 32.1 Å². The van der Waals surface area contributed by atoms with Gasteiger partial charge in [0.25, 0.3) is 0 Å². The first-order valence-corrected chi connectivity index (χ1v) is 4.20. The number of carbonyl (C=O) groups is 1. The van der Waals surface area contributed by atoms with Crippen LogP contribution in [0, 0.1) is 5.92 Å². The number of carboxylic acid groups (broad SMARTS) is 1. The average Bonchev–Trinajstić information content (AvgIpc) is 2.05. The Morgan fingerprint density at radius 1 is 1.33 bits per heavy atom. The van der Waals surface area contributed by atoms with Crippen molar-refractivity contribution in [3.63, 3.8) is 0 Å². The molecular weight excluding hydrogens is 178 g/mol. The van der Waals surface area contributed by atoms with Crippen LogP contribution in [-0.2, 0) is 4.79 Å². The van der Waals surface area contributed by atoms with Gasteiger partial charge >= 0.3 is 5.97 Å². The van der Waals surface area contributed by atoms with E-state index in [4.69, 9.17) is 10.8 Å². The summed E-state index contributed by atoms with van der Waals surface area (Å²) < 4.78 is 0. The Balaban J connectivity index is 0.00000121. The molecule has 1 saturated carbocycles. The van der Waals surface area contributed by atoms with E-state index in [1.54, 1.807) is 0 Å². The Morgan fingerprint density at radius 3 is 2.25 bits per heavy atom. The summed E-state index contributed by atoms with van der Waals surface area (Å²) in [5, 5.41) is 8.61. The van der Waals surface area contributed by atoms with Crippen LogP contribution in [-0.4, -0.2) is 17.1 Å². The Morgan fingerprint density at radius 2 is 1.83 bits per heavy atom. The molecule has 1 rings (SSSR count). The summed E-state index contributed by atoms with van der Waals surface area (Å²) >= 11 is 0. The van der Waals surface area contributed by atoms with Crippen LogP contribution in [0.2, 0.25) is 0 Å². The standard InChI is InChI=1S/C8H15NO2.ClH/c9-7(8(10)11)6-4-2-1-3-5-6;/h6-7H,1-5,9H2,(H,10,11);1H/p-1. The summed E-state index contributed by atoms with van der Waals surface area (Å²) in [4.78, 5) is 10.5. The third kappa shape index (κ3) is 2.99. The van der Waals surface area contributed by atoms with E-state index in [2.05, 4.69) is 0 Å². The van der Waals surface area contributed by atoms with Gasteiger partial charge in [-0.3, -0.25) is 4.79 Å². The molecule has 1 fully saturated rings. The van der Waals surface area contributed by atoms with Crippen molar-refractivity contribution in [3.8, 4) is 0 Å². The van der Waals surface area contributed by atoms with E-state index >= 15 is 0 Å². The molecule has 0 aliphatic heterocycles. The highest BCUT2D eigenvalue weighted by molar-refractivity contribution is 5.73. The second-order valence-corrected chi connectivity index (χ2v) is 3.26. The van der Waals surface area contributed by atoms with Gasteiger partial charge in [-0.2, -0.15) is 0 Å². The van der Waals surface area contributed by atoms with Gasteiger partial charge in [0.15, 0.2) is 0 Å². The molecule has 1 aliphatic carbocycles. The van der Waals surface area contributed by atoms with Crippen molar-refractivity contribution in [3.05, 3.63) is 0 Å². The summed E-state index contributed by atoms with van der Waals surface area (Å²) in [5.74, 6) is -0.627. The van der Waals surface area contributed by atoms with Crippen LogP contribution in [0.3, 0.4) is 0 Å². The number of halogens is 1. The lowest BCUT2D eigenvalue weighted by Gasteiger charge is -2.24. The Hall–Kier alpha value is -0.280. The SMILES string of the molecule is NC(C(=O)O)C1CCCCC1.[Cl-]. The predicted octanol–water partition coefficient (Wildman–Crippen LogP) is -2.02. The molecule has 72 valence electrons. The number of hydrogen-bond acceptors (Lipinski definition) is 2. The maximum absolute atomic E-state index is 10.5. The zero-order valence-corrected chi connectivity index (χ0v) is 7.76. The second kappa shape index (κ2) is 5.38. The minimum absolute atomic E-state index is 0. The Bertz CT molecular complexity index is 146. The molecule has 0 radical (unpaired) electrons. The molecule has 0 amide bonds. The van der Waals surface area contributed by atoms with E-state index in [0.717, 1.165) is 25.7 Å². The van der Waals surface area contributed by atoms with Gasteiger partial charge in [-0.1, -0.05) is 19.3 Å². The van der Waals surface area contributed by atoms with E-state index in [-0.39, 0.29) is 18.3 Å². The predicted molar refractivity (Wildman–Crippen MR) is 42.2 cm³/mol. The average molecular weight is 193 g/mol. The van der Waals surface area contributed by atoms with E-state index in [0.29, 0.717) is 0 Å². The number of rotatable bonds is 2. The summed E-state index contributed by atoms with van der Waals surface area (Å²) in [5.41, 5.74) is 5.49. The lowest BCUT2D eigenvalue weighted by Crippen LogP contribution is -3.00. The van der Waals surface area contributed by atoms with Gasteiger partial charge in [0.2, 0.25) is 0 Å². The molecule has 4 heteroatoms. The maximum Gasteiger partial charge on any atom is 0.320 e. The molecule has 0 aromatic carbocycles. The largest absolute Gasteiger partial charge is 1.00 e. The van der Waals surface area contributed by atoms with Crippen LogP contribution >= 0.6 is 0 Å². The zero-order chi connectivity index (χ0) is 8.27. The van der Waals surface area contributed by atoms with E-state index in [9.17, 15) is 4.79 Å². The van der Waals surface area contributed by atoms with Gasteiger partial charge in [0.05, 0.1) is 0 Å². The van der Waals surface area contributed by atoms with Crippen molar-refractivity contribution < 1.29 is 22.3 Å². The first-order valence-electron chi connectivity index (χ1n) is 4.20. The van der Waals surface area contributed by atoms with Gasteiger partial charge in [0.1, 0.15) is 6.04 Å². The fourth-order valence-electron chi connectivity index (χ4n) is 1.69. The highest BCUT2D eigenvalue weighted by atomic mass is 35.5. The monoisotopic (exact) mass is 192 g/mol. The molecular formula is C8H15ClNO2-.